The molecule has 24 heavy (non-hydrogen) atoms. The van der Waals surface area contributed by atoms with Crippen LogP contribution in [0.15, 0.2) is 52.9 Å². The number of esters is 2. The van der Waals surface area contributed by atoms with Gasteiger partial charge in [0.2, 0.25) is 0 Å². The van der Waals surface area contributed by atoms with E-state index in [0.29, 0.717) is 5.57 Å². The highest BCUT2D eigenvalue weighted by Crippen LogP contribution is 2.38. The van der Waals surface area contributed by atoms with Gasteiger partial charge in [-0.2, -0.15) is 0 Å². The summed E-state index contributed by atoms with van der Waals surface area (Å²) in [5.41, 5.74) is 3.19. The van der Waals surface area contributed by atoms with Crippen molar-refractivity contribution in [3.8, 4) is 0 Å². The summed E-state index contributed by atoms with van der Waals surface area (Å²) in [6.07, 6.45) is 0. The molecular formula is C19H23NO4. The molecule has 0 saturated heterocycles. The van der Waals surface area contributed by atoms with Crippen molar-refractivity contribution in [2.45, 2.75) is 33.6 Å². The maximum atomic E-state index is 12.6. The fourth-order valence-corrected chi connectivity index (χ4v) is 2.79. The molecule has 1 aromatic carbocycles. The van der Waals surface area contributed by atoms with Gasteiger partial charge in [0.05, 0.1) is 18.8 Å². The second kappa shape index (κ2) is 7.81. The highest BCUT2D eigenvalue weighted by molar-refractivity contribution is 6.02. The molecule has 0 amide bonds. The summed E-state index contributed by atoms with van der Waals surface area (Å²) in [6.45, 7) is 7.77. The Balaban J connectivity index is 2.62. The van der Waals surface area contributed by atoms with Crippen molar-refractivity contribution in [3.63, 3.8) is 0 Å². The number of benzene rings is 1. The maximum absolute atomic E-state index is 12.6. The van der Waals surface area contributed by atoms with Crippen LogP contribution in [0, 0.1) is 0 Å². The molecule has 0 fully saturated rings. The standard InChI is InChI=1S/C19H23NO4/c1-5-23-18(21)16-15(14-10-8-7-9-11-14)12(3)13(4)20-17(16)19(22)24-6-2/h7-11,15,20H,5-6H2,1-4H3/t15-/m0/s1. The average molecular weight is 329 g/mol. The number of allylic oxidation sites excluding steroid dienone is 2. The lowest BCUT2D eigenvalue weighted by Crippen LogP contribution is -2.33. The predicted molar refractivity (Wildman–Crippen MR) is 91.0 cm³/mol. The number of ether oxygens (including phenoxy) is 2. The molecule has 0 aliphatic carbocycles. The van der Waals surface area contributed by atoms with E-state index in [1.807, 2.05) is 44.2 Å². The first-order chi connectivity index (χ1) is 11.5. The Bertz CT molecular complexity index is 689. The van der Waals surface area contributed by atoms with Crippen LogP contribution in [0.3, 0.4) is 0 Å². The molecule has 0 aromatic heterocycles. The predicted octanol–water partition coefficient (Wildman–Crippen LogP) is 3.05. The monoisotopic (exact) mass is 329 g/mol. The fourth-order valence-electron chi connectivity index (χ4n) is 2.79. The number of nitrogens with one attached hydrogen (secondary N) is 1. The van der Waals surface area contributed by atoms with Gasteiger partial charge in [0.15, 0.2) is 0 Å². The Hall–Kier alpha value is -2.56. The Morgan fingerprint density at radius 3 is 2.17 bits per heavy atom. The van der Waals surface area contributed by atoms with E-state index in [1.54, 1.807) is 13.8 Å². The zero-order valence-corrected chi connectivity index (χ0v) is 14.5. The lowest BCUT2D eigenvalue weighted by atomic mass is 9.81. The van der Waals surface area contributed by atoms with Crippen LogP contribution < -0.4 is 5.32 Å². The zero-order valence-electron chi connectivity index (χ0n) is 14.5. The quantitative estimate of drug-likeness (QED) is 0.841. The first-order valence-corrected chi connectivity index (χ1v) is 8.08. The van der Waals surface area contributed by atoms with Gasteiger partial charge in [-0.1, -0.05) is 30.3 Å². The summed E-state index contributed by atoms with van der Waals surface area (Å²) in [6, 6.07) is 9.61. The third-order valence-corrected chi connectivity index (χ3v) is 4.00. The molecule has 0 unspecified atom stereocenters. The van der Waals surface area contributed by atoms with Gasteiger partial charge in [-0.3, -0.25) is 0 Å². The molecule has 128 valence electrons. The summed E-state index contributed by atoms with van der Waals surface area (Å²) in [4.78, 5) is 25.0. The molecule has 5 heteroatoms. The Labute approximate surface area is 142 Å². The molecule has 1 aliphatic heterocycles. The van der Waals surface area contributed by atoms with Gasteiger partial charge in [0, 0.05) is 11.6 Å². The van der Waals surface area contributed by atoms with Crippen molar-refractivity contribution < 1.29 is 19.1 Å². The molecule has 0 radical (unpaired) electrons. The number of hydrogen-bond donors (Lipinski definition) is 1. The van der Waals surface area contributed by atoms with E-state index in [0.717, 1.165) is 16.8 Å². The summed E-state index contributed by atoms with van der Waals surface area (Å²) >= 11 is 0. The second-order valence-corrected chi connectivity index (χ2v) is 5.51. The average Bonchev–Trinajstić information content (AvgIpc) is 2.57. The number of dihydropyridines is 1. The minimum Gasteiger partial charge on any atom is -0.463 e. The van der Waals surface area contributed by atoms with Crippen molar-refractivity contribution in [1.82, 2.24) is 5.32 Å². The SMILES string of the molecule is CCOC(=O)C1=C(C(=O)OCC)[C@H](c2ccccc2)C(C)=C(C)N1. The molecule has 0 spiro atoms. The lowest BCUT2D eigenvalue weighted by molar-refractivity contribution is -0.142. The van der Waals surface area contributed by atoms with Crippen molar-refractivity contribution in [2.75, 3.05) is 13.2 Å². The molecule has 5 nitrogen and oxygen atoms in total. The smallest absolute Gasteiger partial charge is 0.355 e. The minimum atomic E-state index is -0.548. The van der Waals surface area contributed by atoms with E-state index in [-0.39, 0.29) is 24.8 Å². The normalized spacial score (nSPS) is 17.4. The first kappa shape index (κ1) is 17.8. The third kappa shape index (κ3) is 3.50. The highest BCUT2D eigenvalue weighted by atomic mass is 16.5. The molecule has 1 aromatic rings. The van der Waals surface area contributed by atoms with E-state index >= 15 is 0 Å². The molecule has 1 N–H and O–H groups in total. The van der Waals surface area contributed by atoms with E-state index in [4.69, 9.17) is 9.47 Å². The van der Waals surface area contributed by atoms with E-state index in [1.165, 1.54) is 0 Å². The van der Waals surface area contributed by atoms with Gasteiger partial charge in [-0.15, -0.1) is 0 Å². The maximum Gasteiger partial charge on any atom is 0.355 e. The van der Waals surface area contributed by atoms with Gasteiger partial charge < -0.3 is 14.8 Å². The Kier molecular flexibility index (Phi) is 5.79. The van der Waals surface area contributed by atoms with Crippen LogP contribution in [0.5, 0.6) is 0 Å². The molecule has 0 bridgehead atoms. The molecule has 1 aliphatic rings. The molecule has 0 saturated carbocycles. The van der Waals surface area contributed by atoms with Crippen molar-refractivity contribution in [2.24, 2.45) is 0 Å². The third-order valence-electron chi connectivity index (χ3n) is 4.00. The number of carbonyl (C=O) groups excluding carboxylic acids is 2. The number of carbonyl (C=O) groups is 2. The van der Waals surface area contributed by atoms with Gasteiger partial charge in [0.25, 0.3) is 0 Å². The first-order valence-electron chi connectivity index (χ1n) is 8.08. The Morgan fingerprint density at radius 2 is 1.58 bits per heavy atom. The van der Waals surface area contributed by atoms with Crippen LogP contribution in [-0.2, 0) is 19.1 Å². The summed E-state index contributed by atoms with van der Waals surface area (Å²) in [5.74, 6) is -1.40. The minimum absolute atomic E-state index is 0.159. The van der Waals surface area contributed by atoms with Crippen molar-refractivity contribution >= 4 is 11.9 Å². The van der Waals surface area contributed by atoms with Crippen LogP contribution in [0.1, 0.15) is 39.2 Å². The number of rotatable bonds is 5. The lowest BCUT2D eigenvalue weighted by Gasteiger charge is -2.30. The summed E-state index contributed by atoms with van der Waals surface area (Å²) in [5, 5.41) is 3.02. The second-order valence-electron chi connectivity index (χ2n) is 5.51. The molecule has 1 heterocycles. The summed E-state index contributed by atoms with van der Waals surface area (Å²) < 4.78 is 10.3. The zero-order chi connectivity index (χ0) is 17.7. The molecular weight excluding hydrogens is 306 g/mol. The highest BCUT2D eigenvalue weighted by Gasteiger charge is 2.36. The van der Waals surface area contributed by atoms with Crippen molar-refractivity contribution in [1.29, 1.82) is 0 Å². The van der Waals surface area contributed by atoms with Crippen LogP contribution >= 0.6 is 0 Å². The molecule has 2 rings (SSSR count). The van der Waals surface area contributed by atoms with Crippen LogP contribution in [0.25, 0.3) is 0 Å². The van der Waals surface area contributed by atoms with Gasteiger partial charge in [-0.05, 0) is 38.8 Å². The van der Waals surface area contributed by atoms with Gasteiger partial charge >= 0.3 is 11.9 Å². The van der Waals surface area contributed by atoms with Crippen LogP contribution in [0.4, 0.5) is 0 Å². The van der Waals surface area contributed by atoms with Gasteiger partial charge in [-0.25, -0.2) is 9.59 Å². The largest absolute Gasteiger partial charge is 0.463 e. The topological polar surface area (TPSA) is 64.6 Å². The van der Waals surface area contributed by atoms with E-state index in [9.17, 15) is 9.59 Å². The van der Waals surface area contributed by atoms with Gasteiger partial charge in [0.1, 0.15) is 5.70 Å². The van der Waals surface area contributed by atoms with Crippen molar-refractivity contribution in [3.05, 3.63) is 58.4 Å². The van der Waals surface area contributed by atoms with E-state index < -0.39 is 11.9 Å². The van der Waals surface area contributed by atoms with Crippen LogP contribution in [-0.4, -0.2) is 25.2 Å². The Morgan fingerprint density at radius 1 is 1.00 bits per heavy atom. The fraction of sp³-hybridized carbons (Fsp3) is 0.368. The summed E-state index contributed by atoms with van der Waals surface area (Å²) in [7, 11) is 0. The van der Waals surface area contributed by atoms with Crippen LogP contribution in [0.2, 0.25) is 0 Å². The van der Waals surface area contributed by atoms with E-state index in [2.05, 4.69) is 5.32 Å². The number of hydrogen-bond acceptors (Lipinski definition) is 5. The molecule has 1 atom stereocenters.